The third-order valence-electron chi connectivity index (χ3n) is 10.1. The number of esters is 1. The van der Waals surface area contributed by atoms with Crippen LogP contribution in [-0.4, -0.2) is 18.4 Å². The Bertz CT molecular complexity index is 658. The summed E-state index contributed by atoms with van der Waals surface area (Å²) in [5, 5.41) is 0. The number of carbonyl (C=O) groups is 2. The van der Waals surface area contributed by atoms with Gasteiger partial charge in [0.05, 0.1) is 5.41 Å². The van der Waals surface area contributed by atoms with Crippen LogP contribution in [0.3, 0.4) is 0 Å². The van der Waals surface area contributed by atoms with Gasteiger partial charge in [-0.05, 0) is 91.8 Å². The van der Waals surface area contributed by atoms with Crippen LogP contribution in [0.2, 0.25) is 0 Å². The van der Waals surface area contributed by atoms with E-state index in [1.165, 1.54) is 32.6 Å². The second-order valence-corrected chi connectivity index (χ2v) is 11.0. The lowest BCUT2D eigenvalue weighted by molar-refractivity contribution is -0.203. The summed E-state index contributed by atoms with van der Waals surface area (Å²) in [6.45, 7) is 8.56. The van der Waals surface area contributed by atoms with E-state index in [0.717, 1.165) is 43.3 Å². The third kappa shape index (κ3) is 1.74. The van der Waals surface area contributed by atoms with Crippen LogP contribution < -0.4 is 0 Å². The Hall–Kier alpha value is -0.860. The minimum absolute atomic E-state index is 0.236. The highest BCUT2D eigenvalue weighted by Crippen LogP contribution is 2.85. The van der Waals surface area contributed by atoms with Crippen molar-refractivity contribution >= 4 is 12.3 Å². The van der Waals surface area contributed by atoms with Crippen LogP contribution in [0, 0.1) is 45.3 Å². The molecular formula is C22H32O3. The minimum Gasteiger partial charge on any atom is -0.462 e. The van der Waals surface area contributed by atoms with Crippen molar-refractivity contribution in [1.82, 2.24) is 0 Å². The van der Waals surface area contributed by atoms with Crippen molar-refractivity contribution in [1.29, 1.82) is 0 Å². The van der Waals surface area contributed by atoms with Crippen molar-refractivity contribution < 1.29 is 14.3 Å². The lowest BCUT2D eigenvalue weighted by Gasteiger charge is -2.65. The predicted octanol–water partition coefficient (Wildman–Crippen LogP) is 4.39. The second-order valence-electron chi connectivity index (χ2n) is 11.0. The smallest absolute Gasteiger partial charge is 0.302 e. The van der Waals surface area contributed by atoms with Crippen molar-refractivity contribution in [2.45, 2.75) is 78.7 Å². The fraction of sp³-hybridized carbons (Fsp3) is 0.909. The highest BCUT2D eigenvalue weighted by molar-refractivity contribution is 5.68. The highest BCUT2D eigenvalue weighted by atomic mass is 16.5. The predicted molar refractivity (Wildman–Crippen MR) is 94.7 cm³/mol. The quantitative estimate of drug-likeness (QED) is 0.551. The van der Waals surface area contributed by atoms with Crippen LogP contribution in [0.15, 0.2) is 0 Å². The van der Waals surface area contributed by atoms with Gasteiger partial charge in [0.25, 0.3) is 0 Å². The van der Waals surface area contributed by atoms with Crippen molar-refractivity contribution in [3.63, 3.8) is 0 Å². The summed E-state index contributed by atoms with van der Waals surface area (Å²) in [6, 6.07) is 0. The fourth-order valence-electron chi connectivity index (χ4n) is 9.10. The molecule has 0 heterocycles. The molecule has 6 fully saturated rings. The number of rotatable bonds is 2. The molecule has 0 aromatic carbocycles. The molecule has 0 radical (unpaired) electrons. The molecule has 6 rings (SSSR count). The van der Waals surface area contributed by atoms with Gasteiger partial charge in [-0.3, -0.25) is 4.79 Å². The Balaban J connectivity index is 1.51. The zero-order valence-corrected chi connectivity index (χ0v) is 16.1. The van der Waals surface area contributed by atoms with Gasteiger partial charge in [0.1, 0.15) is 12.4 Å². The normalized spacial score (nSPS) is 61.0. The van der Waals surface area contributed by atoms with Gasteiger partial charge in [0.2, 0.25) is 0 Å². The molecule has 6 aliphatic rings. The van der Waals surface area contributed by atoms with Crippen LogP contribution in [-0.2, 0) is 14.3 Å². The van der Waals surface area contributed by atoms with Crippen LogP contribution >= 0.6 is 0 Å². The van der Waals surface area contributed by atoms with Gasteiger partial charge in [-0.1, -0.05) is 13.8 Å². The molecule has 138 valence electrons. The van der Waals surface area contributed by atoms with Crippen LogP contribution in [0.4, 0.5) is 0 Å². The monoisotopic (exact) mass is 344 g/mol. The molecule has 1 spiro atoms. The first kappa shape index (κ1) is 16.3. The van der Waals surface area contributed by atoms with E-state index in [0.29, 0.717) is 16.7 Å². The first-order chi connectivity index (χ1) is 11.7. The Morgan fingerprint density at radius 1 is 1.04 bits per heavy atom. The van der Waals surface area contributed by atoms with E-state index in [4.69, 9.17) is 4.74 Å². The number of aldehydes is 1. The van der Waals surface area contributed by atoms with Gasteiger partial charge in [-0.15, -0.1) is 0 Å². The van der Waals surface area contributed by atoms with Crippen molar-refractivity contribution in [2.24, 2.45) is 45.3 Å². The third-order valence-corrected chi connectivity index (χ3v) is 10.1. The molecule has 0 aromatic rings. The molecule has 0 unspecified atom stereocenters. The molecule has 6 aliphatic carbocycles. The molecule has 9 atom stereocenters. The molecule has 0 N–H and O–H groups in total. The Kier molecular flexibility index (Phi) is 2.95. The average Bonchev–Trinajstić information content (AvgIpc) is 3.00. The Morgan fingerprint density at radius 2 is 1.80 bits per heavy atom. The van der Waals surface area contributed by atoms with E-state index in [1.807, 2.05) is 0 Å². The van der Waals surface area contributed by atoms with Crippen molar-refractivity contribution in [3.8, 4) is 0 Å². The van der Waals surface area contributed by atoms with Crippen LogP contribution in [0.5, 0.6) is 0 Å². The van der Waals surface area contributed by atoms with Crippen LogP contribution in [0.1, 0.15) is 72.6 Å². The lowest BCUT2D eigenvalue weighted by Crippen LogP contribution is -2.62. The maximum atomic E-state index is 12.3. The number of ether oxygens (including phenoxy) is 1. The maximum absolute atomic E-state index is 12.3. The zero-order chi connectivity index (χ0) is 17.8. The van der Waals surface area contributed by atoms with Gasteiger partial charge in [-0.2, -0.15) is 0 Å². The molecular weight excluding hydrogens is 312 g/mol. The lowest BCUT2D eigenvalue weighted by atomic mass is 9.39. The molecule has 0 amide bonds. The van der Waals surface area contributed by atoms with Gasteiger partial charge >= 0.3 is 5.97 Å². The summed E-state index contributed by atoms with van der Waals surface area (Å²) in [5.74, 6) is 2.83. The molecule has 0 saturated heterocycles. The van der Waals surface area contributed by atoms with Crippen molar-refractivity contribution in [3.05, 3.63) is 0 Å². The van der Waals surface area contributed by atoms with E-state index in [1.54, 1.807) is 0 Å². The van der Waals surface area contributed by atoms with Crippen LogP contribution in [0.25, 0.3) is 0 Å². The van der Waals surface area contributed by atoms with Gasteiger partial charge in [0.15, 0.2) is 0 Å². The number of hydrogen-bond acceptors (Lipinski definition) is 3. The number of hydrogen-bond donors (Lipinski definition) is 0. The topological polar surface area (TPSA) is 43.4 Å². The SMILES string of the molecule is CC(=O)O[C@@H]1CC[C@@]2(C)[C@@H]3C[C@@H]4[C@@H]5C[C@@]3(CC[C@@H]2[C@]1(C)C=O)C[C@]45C. The summed E-state index contributed by atoms with van der Waals surface area (Å²) in [6.07, 6.45) is 9.55. The maximum Gasteiger partial charge on any atom is 0.302 e. The Morgan fingerprint density at radius 3 is 2.40 bits per heavy atom. The standard InChI is InChI=1S/C22H32O3/c1-13(24)25-18-6-7-19(2)16(21(18,4)12-23)5-8-22-10-15-14(9-17(19)22)20(15,3)11-22/h12,14-18H,5-11H2,1-4H3/t14-,15+,16+,17+,18-,19-,20-,21+,22+/m1/s1. The van der Waals surface area contributed by atoms with Gasteiger partial charge in [-0.25, -0.2) is 0 Å². The molecule has 3 nitrogen and oxygen atoms in total. The van der Waals surface area contributed by atoms with E-state index >= 15 is 0 Å². The first-order valence-electron chi connectivity index (χ1n) is 10.3. The van der Waals surface area contributed by atoms with Crippen molar-refractivity contribution in [2.75, 3.05) is 0 Å². The van der Waals surface area contributed by atoms with E-state index in [9.17, 15) is 9.59 Å². The van der Waals surface area contributed by atoms with E-state index < -0.39 is 5.41 Å². The summed E-state index contributed by atoms with van der Waals surface area (Å²) < 4.78 is 5.64. The van der Waals surface area contributed by atoms with E-state index in [-0.39, 0.29) is 17.5 Å². The average molecular weight is 344 g/mol. The fourth-order valence-corrected chi connectivity index (χ4v) is 9.10. The van der Waals surface area contributed by atoms with Gasteiger partial charge in [0, 0.05) is 6.92 Å². The summed E-state index contributed by atoms with van der Waals surface area (Å²) >= 11 is 0. The summed E-state index contributed by atoms with van der Waals surface area (Å²) in [7, 11) is 0. The molecule has 3 heteroatoms. The molecule has 0 aromatic heterocycles. The summed E-state index contributed by atoms with van der Waals surface area (Å²) in [5.41, 5.74) is 0.924. The number of fused-ring (bicyclic) bond motifs is 1. The largest absolute Gasteiger partial charge is 0.462 e. The molecule has 0 aliphatic heterocycles. The highest BCUT2D eigenvalue weighted by Gasteiger charge is 2.78. The van der Waals surface area contributed by atoms with Gasteiger partial charge < -0.3 is 9.53 Å². The molecule has 4 bridgehead atoms. The number of carbonyl (C=O) groups excluding carboxylic acids is 2. The minimum atomic E-state index is -0.520. The second kappa shape index (κ2) is 4.51. The molecule has 6 saturated carbocycles. The zero-order valence-electron chi connectivity index (χ0n) is 16.1. The Labute approximate surface area is 151 Å². The molecule has 25 heavy (non-hydrogen) atoms. The summed E-state index contributed by atoms with van der Waals surface area (Å²) in [4.78, 5) is 23.8. The first-order valence-corrected chi connectivity index (χ1v) is 10.3. The van der Waals surface area contributed by atoms with E-state index in [2.05, 4.69) is 20.8 Å².